The molecule has 1 atom stereocenters. The number of aliphatic carboxylic acids is 1. The van der Waals surface area contributed by atoms with E-state index < -0.39 is 30.8 Å². The number of carboxylic acids is 2. The maximum absolute atomic E-state index is 14.0. The number of pyridine rings is 2. The van der Waals surface area contributed by atoms with E-state index in [1.165, 1.54) is 12.0 Å². The Morgan fingerprint density at radius 3 is 2.23 bits per heavy atom. The number of hydrogen-bond donors (Lipinski definition) is 3. The number of aromatic nitrogens is 2. The van der Waals surface area contributed by atoms with Crippen LogP contribution >= 0.6 is 0 Å². The van der Waals surface area contributed by atoms with Crippen LogP contribution in [0.25, 0.3) is 55.3 Å². The molecular weight excluding hydrogens is 761 g/mol. The molecule has 5 aromatic carbocycles. The molecule has 1 unspecified atom stereocenters. The molecule has 9 rings (SSSR count). The first kappa shape index (κ1) is 38.1. The number of rotatable bonds is 10. The second kappa shape index (κ2) is 15.7. The molecule has 0 spiro atoms. The van der Waals surface area contributed by atoms with Crippen LogP contribution in [-0.4, -0.2) is 63.1 Å². The molecule has 7 aromatic rings. The summed E-state index contributed by atoms with van der Waals surface area (Å²) in [5.74, 6) is -1.60. The second-order valence-corrected chi connectivity index (χ2v) is 15.0. The number of ether oxygens (including phenoxy) is 2. The zero-order chi connectivity index (χ0) is 41.5. The Hall–Kier alpha value is -7.47. The van der Waals surface area contributed by atoms with Crippen LogP contribution in [-0.2, 0) is 4.79 Å². The van der Waals surface area contributed by atoms with Crippen molar-refractivity contribution in [2.24, 2.45) is 0 Å². The Kier molecular flexibility index (Phi) is 9.96. The molecule has 12 nitrogen and oxygen atoms in total. The number of benzene rings is 5. The fraction of sp³-hybridized carbons (Fsp3) is 0.188. The predicted octanol–water partition coefficient (Wildman–Crippen LogP) is 10.3. The molecule has 0 bridgehead atoms. The van der Waals surface area contributed by atoms with Gasteiger partial charge in [0.15, 0.2) is 12.4 Å². The van der Waals surface area contributed by atoms with Crippen LogP contribution in [0.15, 0.2) is 121 Å². The van der Waals surface area contributed by atoms with E-state index in [-0.39, 0.29) is 22.9 Å². The molecule has 1 aliphatic carbocycles. The van der Waals surface area contributed by atoms with Crippen molar-refractivity contribution in [3.63, 3.8) is 0 Å². The molecule has 12 heteroatoms. The lowest BCUT2D eigenvalue weighted by atomic mass is 9.87. The van der Waals surface area contributed by atoms with Gasteiger partial charge in [-0.1, -0.05) is 86.0 Å². The summed E-state index contributed by atoms with van der Waals surface area (Å²) in [6.07, 6.45) is 4.13. The third-order valence-corrected chi connectivity index (χ3v) is 11.5. The Bertz CT molecular complexity index is 2820. The summed E-state index contributed by atoms with van der Waals surface area (Å²) in [7, 11) is 1.51. The number of anilines is 2. The molecule has 1 amide bonds. The molecule has 1 fully saturated rings. The Morgan fingerprint density at radius 1 is 0.717 bits per heavy atom. The summed E-state index contributed by atoms with van der Waals surface area (Å²) >= 11 is 0. The summed E-state index contributed by atoms with van der Waals surface area (Å²) in [5.41, 5.74) is 5.95. The zero-order valence-electron chi connectivity index (χ0n) is 32.6. The molecule has 60 heavy (non-hydrogen) atoms. The molecule has 3 heterocycles. The van der Waals surface area contributed by atoms with Gasteiger partial charge in [0.25, 0.3) is 0 Å². The molecule has 1 aliphatic heterocycles. The van der Waals surface area contributed by atoms with E-state index >= 15 is 0 Å². The maximum atomic E-state index is 14.0. The molecular formula is C48H40N4O8. The van der Waals surface area contributed by atoms with Crippen molar-refractivity contribution >= 4 is 51.2 Å². The van der Waals surface area contributed by atoms with Crippen LogP contribution in [0.4, 0.5) is 16.2 Å². The van der Waals surface area contributed by atoms with Crippen LogP contribution < -0.4 is 19.3 Å². The van der Waals surface area contributed by atoms with Gasteiger partial charge in [0.2, 0.25) is 0 Å². The number of carbonyl (C=O) groups is 3. The lowest BCUT2D eigenvalue weighted by Gasteiger charge is -2.39. The number of hydrogen-bond acceptors (Lipinski definition) is 8. The van der Waals surface area contributed by atoms with E-state index in [0.717, 1.165) is 54.0 Å². The fourth-order valence-electron chi connectivity index (χ4n) is 8.96. The number of fused-ring (bicyclic) bond motifs is 3. The smallest absolute Gasteiger partial charge is 0.413 e. The molecule has 300 valence electrons. The number of amides is 1. The monoisotopic (exact) mass is 800 g/mol. The first-order valence-electron chi connectivity index (χ1n) is 19.8. The van der Waals surface area contributed by atoms with Crippen LogP contribution in [0.2, 0.25) is 0 Å². The summed E-state index contributed by atoms with van der Waals surface area (Å²) in [6, 6.07) is 34.9. The molecule has 0 saturated heterocycles. The number of carboxylic acid groups (broad SMARTS) is 3. The standard InChI is InChI=1S/C48H40N4O8/c1-59-45-41(28-10-4-2-5-11-28)42(47(55)56)40(32-18-20-36-29(24-32)13-9-23-49-36)43-44(45)51(34-14-6-3-7-15-34)46(52(43)48(57)58)33-19-22-38-31(25-33)17-21-37(50-38)30-12-8-16-35(26-30)60-27-39(53)54/h2,4-5,8-13,16-26,34,46H,3,6-7,14-15,27H2,1H3,(H,53,54)(H,55,56)(H,57,58). The average Bonchev–Trinajstić information content (AvgIpc) is 3.64. The molecule has 0 radical (unpaired) electrons. The molecule has 3 N–H and O–H groups in total. The first-order valence-corrected chi connectivity index (χ1v) is 19.8. The fourth-order valence-corrected chi connectivity index (χ4v) is 8.96. The van der Waals surface area contributed by atoms with E-state index in [9.17, 15) is 24.6 Å². The quantitative estimate of drug-likeness (QED) is 0.121. The van der Waals surface area contributed by atoms with Crippen molar-refractivity contribution in [3.05, 3.63) is 133 Å². The van der Waals surface area contributed by atoms with Crippen LogP contribution in [0.3, 0.4) is 0 Å². The highest BCUT2D eigenvalue weighted by molar-refractivity contribution is 6.17. The highest BCUT2D eigenvalue weighted by atomic mass is 16.5. The van der Waals surface area contributed by atoms with Crippen molar-refractivity contribution in [3.8, 4) is 45.0 Å². The number of nitrogens with zero attached hydrogens (tertiary/aromatic N) is 4. The van der Waals surface area contributed by atoms with Crippen molar-refractivity contribution in [2.45, 2.75) is 44.3 Å². The lowest BCUT2D eigenvalue weighted by molar-refractivity contribution is -0.139. The number of aromatic carboxylic acids is 1. The van der Waals surface area contributed by atoms with E-state index in [1.807, 2.05) is 97.1 Å². The van der Waals surface area contributed by atoms with Crippen molar-refractivity contribution in [1.29, 1.82) is 0 Å². The minimum absolute atomic E-state index is 0.0665. The minimum atomic E-state index is -1.24. The highest BCUT2D eigenvalue weighted by Gasteiger charge is 2.49. The Labute approximate surface area is 344 Å². The average molecular weight is 801 g/mol. The molecule has 2 aromatic heterocycles. The number of methoxy groups -OCH3 is 1. The van der Waals surface area contributed by atoms with Gasteiger partial charge in [0.05, 0.1) is 35.1 Å². The normalized spacial score (nSPS) is 15.2. The van der Waals surface area contributed by atoms with Crippen molar-refractivity contribution in [1.82, 2.24) is 9.97 Å². The van der Waals surface area contributed by atoms with Gasteiger partial charge in [-0.25, -0.2) is 24.3 Å². The zero-order valence-corrected chi connectivity index (χ0v) is 32.6. The highest BCUT2D eigenvalue weighted by Crippen LogP contribution is 2.61. The van der Waals surface area contributed by atoms with Gasteiger partial charge in [0, 0.05) is 39.7 Å². The van der Waals surface area contributed by atoms with Crippen LogP contribution in [0.1, 0.15) is 54.2 Å². The van der Waals surface area contributed by atoms with Gasteiger partial charge in [-0.2, -0.15) is 0 Å². The second-order valence-electron chi connectivity index (χ2n) is 15.0. The van der Waals surface area contributed by atoms with Gasteiger partial charge >= 0.3 is 18.0 Å². The largest absolute Gasteiger partial charge is 0.494 e. The van der Waals surface area contributed by atoms with Gasteiger partial charge in [-0.05, 0) is 78.1 Å². The first-order chi connectivity index (χ1) is 29.2. The third kappa shape index (κ3) is 6.75. The van der Waals surface area contributed by atoms with Crippen molar-refractivity contribution < 1.29 is 39.2 Å². The van der Waals surface area contributed by atoms with E-state index in [4.69, 9.17) is 19.6 Å². The molecule has 2 aliphatic rings. The Morgan fingerprint density at radius 2 is 1.48 bits per heavy atom. The summed E-state index contributed by atoms with van der Waals surface area (Å²) in [6.45, 7) is -0.466. The van der Waals surface area contributed by atoms with E-state index in [1.54, 1.807) is 24.4 Å². The summed E-state index contributed by atoms with van der Waals surface area (Å²) < 4.78 is 11.7. The van der Waals surface area contributed by atoms with Gasteiger partial charge < -0.3 is 29.7 Å². The van der Waals surface area contributed by atoms with E-state index in [0.29, 0.717) is 50.7 Å². The van der Waals surface area contributed by atoms with Gasteiger partial charge in [0.1, 0.15) is 17.6 Å². The maximum Gasteiger partial charge on any atom is 0.413 e. The van der Waals surface area contributed by atoms with Gasteiger partial charge in [-0.15, -0.1) is 0 Å². The van der Waals surface area contributed by atoms with E-state index in [2.05, 4.69) is 9.88 Å². The Balaban J connectivity index is 1.28. The predicted molar refractivity (Wildman–Crippen MR) is 229 cm³/mol. The SMILES string of the molecule is COc1c(-c2ccccc2)c(C(=O)O)c(-c2ccc3ncccc3c2)c2c1N(C1CCCCC1)C(c1ccc3nc(-c4cccc(OCC(=O)O)c4)ccc3c1)N2C(=O)O. The van der Waals surface area contributed by atoms with Crippen LogP contribution in [0.5, 0.6) is 11.5 Å². The van der Waals surface area contributed by atoms with Crippen LogP contribution in [0, 0.1) is 0 Å². The topological polar surface area (TPSA) is 163 Å². The van der Waals surface area contributed by atoms with Gasteiger partial charge in [-0.3, -0.25) is 4.98 Å². The minimum Gasteiger partial charge on any atom is -0.494 e. The lowest BCUT2D eigenvalue weighted by Crippen LogP contribution is -2.44. The molecule has 1 saturated carbocycles. The van der Waals surface area contributed by atoms with Crippen molar-refractivity contribution in [2.75, 3.05) is 23.5 Å². The summed E-state index contributed by atoms with van der Waals surface area (Å²) in [4.78, 5) is 51.8. The third-order valence-electron chi connectivity index (χ3n) is 11.5. The summed E-state index contributed by atoms with van der Waals surface area (Å²) in [5, 5.41) is 33.3.